The number of H-pyrrole nitrogens is 1. The lowest BCUT2D eigenvalue weighted by Gasteiger charge is -2.06. The fraction of sp³-hybridized carbons (Fsp3) is 0.125. The van der Waals surface area contributed by atoms with Crippen molar-refractivity contribution in [1.29, 1.82) is 0 Å². The van der Waals surface area contributed by atoms with Gasteiger partial charge >= 0.3 is 4.87 Å². The molecule has 96 valence electrons. The molecule has 0 saturated carbocycles. The molecule has 2 aromatic heterocycles. The van der Waals surface area contributed by atoms with Gasteiger partial charge in [-0.25, -0.2) is 18.4 Å². The highest BCUT2D eigenvalue weighted by Crippen LogP contribution is 2.22. The van der Waals surface area contributed by atoms with E-state index in [1.54, 1.807) is 0 Å². The molecule has 10 heteroatoms. The molecule has 2 heterocycles. The Hall–Kier alpha value is -1.45. The normalized spacial score (nSPS) is 11.4. The summed E-state index contributed by atoms with van der Waals surface area (Å²) in [5.74, 6) is -0.0839. The molecule has 0 fully saturated rings. The number of thiazole rings is 1. The number of aromatic nitrogens is 3. The Balaban J connectivity index is 2.43. The van der Waals surface area contributed by atoms with E-state index < -0.39 is 14.9 Å². The van der Waals surface area contributed by atoms with Crippen LogP contribution in [0.4, 0.5) is 5.82 Å². The van der Waals surface area contributed by atoms with E-state index >= 15 is 0 Å². The molecule has 0 saturated heterocycles. The third kappa shape index (κ3) is 2.52. The average molecular weight is 307 g/mol. The standard InChI is InChI=1S/C8H7ClN4O3S2/c1-4-7(17-8(14)12-4)18(15,16)13-6-5(9)10-2-3-11-6/h2-3H,1H3,(H,11,13)(H,12,14). The Morgan fingerprint density at radius 2 is 2.06 bits per heavy atom. The number of sulfonamides is 1. The second kappa shape index (κ2) is 4.67. The summed E-state index contributed by atoms with van der Waals surface area (Å²) in [7, 11) is -3.90. The maximum atomic E-state index is 12.0. The van der Waals surface area contributed by atoms with Gasteiger partial charge in [0.25, 0.3) is 10.0 Å². The Kier molecular flexibility index (Phi) is 3.37. The molecule has 0 aliphatic carbocycles. The Morgan fingerprint density at radius 3 is 2.61 bits per heavy atom. The quantitative estimate of drug-likeness (QED) is 0.879. The highest BCUT2D eigenvalue weighted by molar-refractivity contribution is 7.94. The van der Waals surface area contributed by atoms with Crippen molar-refractivity contribution in [1.82, 2.24) is 15.0 Å². The minimum Gasteiger partial charge on any atom is -0.315 e. The van der Waals surface area contributed by atoms with Gasteiger partial charge < -0.3 is 4.98 Å². The van der Waals surface area contributed by atoms with Gasteiger partial charge in [-0.2, -0.15) is 0 Å². The van der Waals surface area contributed by atoms with E-state index in [2.05, 4.69) is 19.7 Å². The predicted octanol–water partition coefficient (Wildman–Crippen LogP) is 0.989. The number of rotatable bonds is 3. The maximum Gasteiger partial charge on any atom is 0.306 e. The molecule has 0 atom stereocenters. The zero-order valence-electron chi connectivity index (χ0n) is 8.97. The van der Waals surface area contributed by atoms with Crippen LogP contribution in [0.5, 0.6) is 0 Å². The average Bonchev–Trinajstić information content (AvgIpc) is 2.62. The maximum absolute atomic E-state index is 12.0. The first-order valence-electron chi connectivity index (χ1n) is 4.59. The van der Waals surface area contributed by atoms with Crippen LogP contribution in [0.25, 0.3) is 0 Å². The molecule has 7 nitrogen and oxygen atoms in total. The summed E-state index contributed by atoms with van der Waals surface area (Å²) in [5, 5.41) is -0.0680. The number of halogens is 1. The summed E-state index contributed by atoms with van der Waals surface area (Å²) in [5.41, 5.74) is 0.262. The molecule has 2 rings (SSSR count). The zero-order chi connectivity index (χ0) is 13.3. The van der Waals surface area contributed by atoms with Crippen LogP contribution in [0, 0.1) is 6.92 Å². The van der Waals surface area contributed by atoms with Crippen LogP contribution in [0.3, 0.4) is 0 Å². The SMILES string of the molecule is Cc1[nH]c(=O)sc1S(=O)(=O)Nc1nccnc1Cl. The molecular formula is C8H7ClN4O3S2. The third-order valence-corrected chi connectivity index (χ3v) is 5.13. The van der Waals surface area contributed by atoms with Gasteiger partial charge in [-0.15, -0.1) is 0 Å². The molecule has 0 aliphatic rings. The number of hydrogen-bond acceptors (Lipinski definition) is 6. The van der Waals surface area contributed by atoms with Crippen LogP contribution in [-0.2, 0) is 10.0 Å². The van der Waals surface area contributed by atoms with E-state index in [0.717, 1.165) is 0 Å². The van der Waals surface area contributed by atoms with Crippen LogP contribution in [0.15, 0.2) is 21.4 Å². The second-order valence-corrected chi connectivity index (χ2v) is 6.45. The first-order chi connectivity index (χ1) is 8.40. The van der Waals surface area contributed by atoms with Crippen molar-refractivity contribution >= 4 is 38.8 Å². The van der Waals surface area contributed by atoms with Gasteiger partial charge in [0.05, 0.1) is 0 Å². The van der Waals surface area contributed by atoms with Gasteiger partial charge in [0.1, 0.15) is 0 Å². The van der Waals surface area contributed by atoms with E-state index in [9.17, 15) is 13.2 Å². The summed E-state index contributed by atoms with van der Waals surface area (Å²) < 4.78 is 26.1. The Morgan fingerprint density at radius 1 is 1.39 bits per heavy atom. The number of aryl methyl sites for hydroxylation is 1. The summed E-state index contributed by atoms with van der Waals surface area (Å²) >= 11 is 6.29. The molecule has 2 aromatic rings. The smallest absolute Gasteiger partial charge is 0.306 e. The minimum atomic E-state index is -3.90. The molecule has 18 heavy (non-hydrogen) atoms. The predicted molar refractivity (Wildman–Crippen MR) is 67.5 cm³/mol. The molecule has 0 spiro atoms. The number of nitrogens with zero attached hydrogens (tertiary/aromatic N) is 2. The lowest BCUT2D eigenvalue weighted by molar-refractivity contribution is 0.602. The first kappa shape index (κ1) is 13.0. The van der Waals surface area contributed by atoms with Crippen LogP contribution >= 0.6 is 22.9 Å². The molecule has 0 bridgehead atoms. The summed E-state index contributed by atoms with van der Waals surface area (Å²) in [4.78, 5) is 20.5. The summed E-state index contributed by atoms with van der Waals surface area (Å²) in [6.07, 6.45) is 2.64. The molecule has 0 radical (unpaired) electrons. The van der Waals surface area contributed by atoms with E-state index in [1.165, 1.54) is 19.3 Å². The van der Waals surface area contributed by atoms with Crippen molar-refractivity contribution in [2.45, 2.75) is 11.1 Å². The van der Waals surface area contributed by atoms with Crippen LogP contribution in [-0.4, -0.2) is 23.4 Å². The highest BCUT2D eigenvalue weighted by Gasteiger charge is 2.22. The number of hydrogen-bond donors (Lipinski definition) is 2. The monoisotopic (exact) mass is 306 g/mol. The van der Waals surface area contributed by atoms with Crippen molar-refractivity contribution < 1.29 is 8.42 Å². The summed E-state index contributed by atoms with van der Waals surface area (Å²) in [6, 6.07) is 0. The zero-order valence-corrected chi connectivity index (χ0v) is 11.4. The second-order valence-electron chi connectivity index (χ2n) is 3.23. The van der Waals surface area contributed by atoms with Crippen LogP contribution in [0.1, 0.15) is 5.69 Å². The Labute approximate surface area is 111 Å². The summed E-state index contributed by atoms with van der Waals surface area (Å²) in [6.45, 7) is 1.49. The first-order valence-corrected chi connectivity index (χ1v) is 7.27. The van der Waals surface area contributed by atoms with Gasteiger partial charge in [0, 0.05) is 18.1 Å². The van der Waals surface area contributed by atoms with Crippen molar-refractivity contribution in [2.75, 3.05) is 4.72 Å². The van der Waals surface area contributed by atoms with Crippen molar-refractivity contribution in [3.63, 3.8) is 0 Å². The molecule has 2 N–H and O–H groups in total. The van der Waals surface area contributed by atoms with Crippen molar-refractivity contribution in [2.24, 2.45) is 0 Å². The lowest BCUT2D eigenvalue weighted by atomic mass is 10.6. The number of nitrogens with one attached hydrogen (secondary N) is 2. The van der Waals surface area contributed by atoms with E-state index in [4.69, 9.17) is 11.6 Å². The fourth-order valence-electron chi connectivity index (χ4n) is 1.21. The van der Waals surface area contributed by atoms with E-state index in [0.29, 0.717) is 11.3 Å². The van der Waals surface area contributed by atoms with Crippen molar-refractivity contribution in [3.8, 4) is 0 Å². The number of anilines is 1. The molecule has 0 aliphatic heterocycles. The van der Waals surface area contributed by atoms with Gasteiger partial charge in [0.2, 0.25) is 0 Å². The topological polar surface area (TPSA) is 105 Å². The van der Waals surface area contributed by atoms with Gasteiger partial charge in [-0.05, 0) is 6.92 Å². The van der Waals surface area contributed by atoms with E-state index in [1.807, 2.05) is 0 Å². The van der Waals surface area contributed by atoms with Gasteiger partial charge in [0.15, 0.2) is 15.2 Å². The van der Waals surface area contributed by atoms with Crippen molar-refractivity contribution in [3.05, 3.63) is 32.9 Å². The Bertz CT molecular complexity index is 737. The van der Waals surface area contributed by atoms with Crippen LogP contribution in [0.2, 0.25) is 5.15 Å². The fourth-order valence-corrected chi connectivity index (χ4v) is 3.74. The minimum absolute atomic E-state index is 0.0680. The highest BCUT2D eigenvalue weighted by atomic mass is 35.5. The largest absolute Gasteiger partial charge is 0.315 e. The molecule has 0 aromatic carbocycles. The van der Waals surface area contributed by atoms with Gasteiger partial charge in [-0.3, -0.25) is 9.52 Å². The molecule has 0 unspecified atom stereocenters. The van der Waals surface area contributed by atoms with Crippen LogP contribution < -0.4 is 9.60 Å². The third-order valence-electron chi connectivity index (χ3n) is 1.91. The van der Waals surface area contributed by atoms with Gasteiger partial charge in [-0.1, -0.05) is 22.9 Å². The van der Waals surface area contributed by atoms with E-state index in [-0.39, 0.29) is 20.9 Å². The molecular weight excluding hydrogens is 300 g/mol. The lowest BCUT2D eigenvalue weighted by Crippen LogP contribution is -2.14. The number of aromatic amines is 1. The molecule has 0 amide bonds.